The van der Waals surface area contributed by atoms with E-state index in [2.05, 4.69) is 0 Å². The third-order valence-electron chi connectivity index (χ3n) is 2.13. The first-order valence-electron chi connectivity index (χ1n) is 4.16. The number of aromatic nitrogens is 1. The van der Waals surface area contributed by atoms with Crippen LogP contribution in [0.4, 0.5) is 11.4 Å². The van der Waals surface area contributed by atoms with Crippen LogP contribution in [0.5, 0.6) is 0 Å². The van der Waals surface area contributed by atoms with Gasteiger partial charge in [-0.15, -0.1) is 0 Å². The van der Waals surface area contributed by atoms with Crippen molar-refractivity contribution in [3.8, 4) is 0 Å². The van der Waals surface area contributed by atoms with Crippen LogP contribution < -0.4 is 10.5 Å². The van der Waals surface area contributed by atoms with Crippen LogP contribution in [0.2, 0.25) is 0 Å². The maximum absolute atomic E-state index is 11.3. The van der Waals surface area contributed by atoms with Crippen molar-refractivity contribution in [3.05, 3.63) is 45.8 Å². The summed E-state index contributed by atoms with van der Waals surface area (Å²) in [5.41, 5.74) is 5.87. The minimum atomic E-state index is -0.557. The molecule has 0 spiro atoms. The van der Waals surface area contributed by atoms with Crippen molar-refractivity contribution in [2.75, 3.05) is 5.73 Å². The lowest BCUT2D eigenvalue weighted by molar-refractivity contribution is -0.577. The van der Waals surface area contributed by atoms with Gasteiger partial charge in [-0.3, -0.25) is 10.1 Å². The Hall–Kier alpha value is -2.37. The van der Waals surface area contributed by atoms with Crippen LogP contribution in [0, 0.1) is 15.3 Å². The van der Waals surface area contributed by atoms with Gasteiger partial charge in [-0.1, -0.05) is 0 Å². The average molecular weight is 205 g/mol. The van der Waals surface area contributed by atoms with E-state index in [4.69, 9.17) is 5.73 Å². The molecule has 0 fully saturated rings. The molecule has 2 rings (SSSR count). The summed E-state index contributed by atoms with van der Waals surface area (Å²) in [6, 6.07) is 5.61. The summed E-state index contributed by atoms with van der Waals surface area (Å²) < 4.78 is 0.554. The number of fused-ring (bicyclic) bond motifs is 1. The molecule has 0 amide bonds. The van der Waals surface area contributed by atoms with Crippen molar-refractivity contribution < 1.29 is 9.65 Å². The molecule has 0 aliphatic rings. The standard InChI is InChI=1S/C9H7N3O3/c10-6-4-5-11(13)7-2-1-3-8(9(6)7)12(14)15/h1-5H,10H2. The molecule has 15 heavy (non-hydrogen) atoms. The van der Waals surface area contributed by atoms with Crippen molar-refractivity contribution >= 4 is 22.3 Å². The smallest absolute Gasteiger partial charge is 0.285 e. The Kier molecular flexibility index (Phi) is 1.89. The minimum Gasteiger partial charge on any atom is -0.618 e. The minimum absolute atomic E-state index is 0.157. The Balaban J connectivity index is 2.96. The summed E-state index contributed by atoms with van der Waals surface area (Å²) in [7, 11) is 0. The summed E-state index contributed by atoms with van der Waals surface area (Å²) in [4.78, 5) is 10.2. The highest BCUT2D eigenvalue weighted by atomic mass is 16.6. The molecular weight excluding hydrogens is 198 g/mol. The lowest BCUT2D eigenvalue weighted by Gasteiger charge is -2.03. The van der Waals surface area contributed by atoms with Gasteiger partial charge < -0.3 is 10.9 Å². The van der Waals surface area contributed by atoms with Crippen LogP contribution in [0.1, 0.15) is 0 Å². The fourth-order valence-corrected chi connectivity index (χ4v) is 1.47. The van der Waals surface area contributed by atoms with E-state index < -0.39 is 4.92 Å². The van der Waals surface area contributed by atoms with Crippen molar-refractivity contribution in [1.82, 2.24) is 0 Å². The zero-order valence-corrected chi connectivity index (χ0v) is 7.58. The van der Waals surface area contributed by atoms with Gasteiger partial charge in [0.2, 0.25) is 5.52 Å². The Morgan fingerprint density at radius 1 is 1.33 bits per heavy atom. The van der Waals surface area contributed by atoms with Crippen molar-refractivity contribution in [2.45, 2.75) is 0 Å². The summed E-state index contributed by atoms with van der Waals surface area (Å²) in [5, 5.41) is 22.2. The van der Waals surface area contributed by atoms with Gasteiger partial charge in [-0.2, -0.15) is 4.73 Å². The average Bonchev–Trinajstić information content (AvgIpc) is 2.23. The molecule has 0 saturated carbocycles. The number of benzene rings is 1. The largest absolute Gasteiger partial charge is 0.618 e. The molecule has 0 aliphatic heterocycles. The first-order chi connectivity index (χ1) is 7.11. The Morgan fingerprint density at radius 3 is 2.73 bits per heavy atom. The molecule has 0 aliphatic carbocycles. The number of nitrogens with two attached hydrogens (primary N) is 1. The number of pyridine rings is 1. The number of rotatable bonds is 1. The van der Waals surface area contributed by atoms with E-state index >= 15 is 0 Å². The third kappa shape index (κ3) is 1.32. The molecule has 0 radical (unpaired) electrons. The van der Waals surface area contributed by atoms with Gasteiger partial charge in [0.1, 0.15) is 5.39 Å². The van der Waals surface area contributed by atoms with Gasteiger partial charge >= 0.3 is 0 Å². The van der Waals surface area contributed by atoms with Crippen LogP contribution in [-0.2, 0) is 0 Å². The molecule has 2 N–H and O–H groups in total. The van der Waals surface area contributed by atoms with E-state index in [0.29, 0.717) is 4.73 Å². The van der Waals surface area contributed by atoms with Crippen LogP contribution in [0.15, 0.2) is 30.5 Å². The van der Waals surface area contributed by atoms with E-state index in [9.17, 15) is 15.3 Å². The molecule has 76 valence electrons. The van der Waals surface area contributed by atoms with Crippen LogP contribution in [0.25, 0.3) is 10.9 Å². The Bertz CT molecular complexity index is 554. The van der Waals surface area contributed by atoms with E-state index in [-0.39, 0.29) is 22.3 Å². The fraction of sp³-hybridized carbons (Fsp3) is 0. The molecule has 0 unspecified atom stereocenters. The van der Waals surface area contributed by atoms with Gasteiger partial charge in [0.05, 0.1) is 10.6 Å². The number of nitrogen functional groups attached to an aromatic ring is 1. The number of nitro groups is 1. The molecule has 0 saturated heterocycles. The van der Waals surface area contributed by atoms with Gasteiger partial charge in [0.15, 0.2) is 6.20 Å². The molecule has 6 heteroatoms. The maximum Gasteiger partial charge on any atom is 0.285 e. The van der Waals surface area contributed by atoms with Crippen LogP contribution in [0.3, 0.4) is 0 Å². The second-order valence-electron chi connectivity index (χ2n) is 3.03. The highest BCUT2D eigenvalue weighted by Crippen LogP contribution is 2.27. The highest BCUT2D eigenvalue weighted by Gasteiger charge is 2.18. The summed E-state index contributed by atoms with van der Waals surface area (Å²) >= 11 is 0. The SMILES string of the molecule is Nc1cc[n+]([O-])c2cccc([N+](=O)[O-])c12. The zero-order valence-electron chi connectivity index (χ0n) is 7.58. The number of non-ortho nitro benzene ring substituents is 1. The monoisotopic (exact) mass is 205 g/mol. The van der Waals surface area contributed by atoms with E-state index in [1.165, 1.54) is 30.5 Å². The number of hydrogen-bond acceptors (Lipinski definition) is 4. The normalized spacial score (nSPS) is 10.4. The predicted octanol–water partition coefficient (Wildman–Crippen LogP) is 0.964. The molecule has 6 nitrogen and oxygen atoms in total. The zero-order chi connectivity index (χ0) is 11.0. The lowest BCUT2D eigenvalue weighted by Crippen LogP contribution is -2.26. The third-order valence-corrected chi connectivity index (χ3v) is 2.13. The van der Waals surface area contributed by atoms with E-state index in [1.54, 1.807) is 0 Å². The first-order valence-corrected chi connectivity index (χ1v) is 4.16. The van der Waals surface area contributed by atoms with Gasteiger partial charge in [0, 0.05) is 18.2 Å². The van der Waals surface area contributed by atoms with Crippen molar-refractivity contribution in [2.24, 2.45) is 0 Å². The van der Waals surface area contributed by atoms with Crippen LogP contribution >= 0.6 is 0 Å². The second kappa shape index (κ2) is 3.09. The molecule has 2 aromatic rings. The molecule has 1 aromatic carbocycles. The van der Waals surface area contributed by atoms with Crippen LogP contribution in [-0.4, -0.2) is 4.92 Å². The summed E-state index contributed by atoms with van der Waals surface area (Å²) in [6.45, 7) is 0. The van der Waals surface area contributed by atoms with Crippen molar-refractivity contribution in [1.29, 1.82) is 0 Å². The van der Waals surface area contributed by atoms with Gasteiger partial charge in [0.25, 0.3) is 5.69 Å². The number of nitrogens with zero attached hydrogens (tertiary/aromatic N) is 2. The maximum atomic E-state index is 11.3. The molecule has 1 heterocycles. The van der Waals surface area contributed by atoms with Gasteiger partial charge in [-0.05, 0) is 6.07 Å². The second-order valence-corrected chi connectivity index (χ2v) is 3.03. The lowest BCUT2D eigenvalue weighted by atomic mass is 10.1. The Labute approximate surface area is 84.3 Å². The predicted molar refractivity (Wildman–Crippen MR) is 54.0 cm³/mol. The Morgan fingerprint density at radius 2 is 2.07 bits per heavy atom. The number of nitro benzene ring substituents is 1. The first kappa shape index (κ1) is 9.20. The van der Waals surface area contributed by atoms with Gasteiger partial charge in [-0.25, -0.2) is 0 Å². The molecule has 0 atom stereocenters. The fourth-order valence-electron chi connectivity index (χ4n) is 1.47. The summed E-state index contributed by atoms with van der Waals surface area (Å²) in [6.07, 6.45) is 1.22. The molecular formula is C9H7N3O3. The number of hydrogen-bond donors (Lipinski definition) is 1. The quantitative estimate of drug-likeness (QED) is 0.324. The van der Waals surface area contributed by atoms with Crippen molar-refractivity contribution in [3.63, 3.8) is 0 Å². The van der Waals surface area contributed by atoms with E-state index in [1.807, 2.05) is 0 Å². The highest BCUT2D eigenvalue weighted by molar-refractivity contribution is 5.95. The topological polar surface area (TPSA) is 96.1 Å². The number of anilines is 1. The molecule has 0 bridgehead atoms. The molecule has 1 aromatic heterocycles. The summed E-state index contributed by atoms with van der Waals surface area (Å²) in [5.74, 6) is 0. The van der Waals surface area contributed by atoms with E-state index in [0.717, 1.165) is 0 Å².